The monoisotopic (exact) mass is 254 g/mol. The lowest BCUT2D eigenvalue weighted by molar-refractivity contribution is -0.158. The summed E-state index contributed by atoms with van der Waals surface area (Å²) in [6.45, 7) is 1.41. The maximum absolute atomic E-state index is 11.2. The molecule has 0 aliphatic carbocycles. The van der Waals surface area contributed by atoms with Crippen LogP contribution in [0.5, 0.6) is 0 Å². The second-order valence-electron chi connectivity index (χ2n) is 3.74. The SMILES string of the molecule is COC(=O)[C@@](C)(O)CSc1ccc(C=O)cc1. The molecule has 0 aromatic heterocycles. The third kappa shape index (κ3) is 3.87. The Bertz CT molecular complexity index is 397. The molecule has 1 N–H and O–H groups in total. The van der Waals surface area contributed by atoms with Crippen molar-refractivity contribution in [2.24, 2.45) is 0 Å². The second-order valence-corrected chi connectivity index (χ2v) is 4.79. The number of esters is 1. The Morgan fingerprint density at radius 3 is 2.53 bits per heavy atom. The number of carbonyl (C=O) groups excluding carboxylic acids is 2. The summed E-state index contributed by atoms with van der Waals surface area (Å²) in [4.78, 5) is 22.6. The lowest BCUT2D eigenvalue weighted by Gasteiger charge is -2.19. The van der Waals surface area contributed by atoms with E-state index in [1.807, 2.05) is 0 Å². The molecule has 0 aliphatic heterocycles. The zero-order valence-electron chi connectivity index (χ0n) is 9.67. The molecule has 1 atom stereocenters. The molecule has 1 aromatic rings. The van der Waals surface area contributed by atoms with Crippen molar-refractivity contribution in [1.29, 1.82) is 0 Å². The third-order valence-electron chi connectivity index (χ3n) is 2.16. The Kier molecular flexibility index (Phi) is 4.72. The van der Waals surface area contributed by atoms with Gasteiger partial charge in [0, 0.05) is 16.2 Å². The summed E-state index contributed by atoms with van der Waals surface area (Å²) in [5.41, 5.74) is -0.919. The van der Waals surface area contributed by atoms with Crippen LogP contribution in [0.25, 0.3) is 0 Å². The molecule has 92 valence electrons. The molecule has 1 aromatic carbocycles. The first-order valence-corrected chi connectivity index (χ1v) is 5.97. The molecule has 17 heavy (non-hydrogen) atoms. The Hall–Kier alpha value is -1.33. The summed E-state index contributed by atoms with van der Waals surface area (Å²) in [7, 11) is 1.24. The fourth-order valence-corrected chi connectivity index (χ4v) is 2.04. The standard InChI is InChI=1S/C12H14O4S/c1-12(15,11(14)16-2)8-17-10-5-3-9(7-13)4-6-10/h3-7,15H,8H2,1-2H3/t12-/m0/s1. The summed E-state index contributed by atoms with van der Waals surface area (Å²) >= 11 is 1.32. The van der Waals surface area contributed by atoms with Crippen LogP contribution >= 0.6 is 11.8 Å². The van der Waals surface area contributed by atoms with Crippen LogP contribution in [0.4, 0.5) is 0 Å². The van der Waals surface area contributed by atoms with Crippen molar-refractivity contribution in [3.05, 3.63) is 29.8 Å². The highest BCUT2D eigenvalue weighted by Gasteiger charge is 2.31. The van der Waals surface area contributed by atoms with Crippen LogP contribution in [0.3, 0.4) is 0 Å². The average molecular weight is 254 g/mol. The predicted molar refractivity (Wildman–Crippen MR) is 65.2 cm³/mol. The van der Waals surface area contributed by atoms with Gasteiger partial charge in [-0.05, 0) is 19.1 Å². The molecule has 0 aliphatic rings. The van der Waals surface area contributed by atoms with Crippen LogP contribution in [-0.4, -0.2) is 35.8 Å². The smallest absolute Gasteiger partial charge is 0.338 e. The summed E-state index contributed by atoms with van der Waals surface area (Å²) in [5, 5.41) is 9.79. The summed E-state index contributed by atoms with van der Waals surface area (Å²) in [6, 6.07) is 6.90. The number of thioether (sulfide) groups is 1. The quantitative estimate of drug-likeness (QED) is 0.490. The lowest BCUT2D eigenvalue weighted by atomic mass is 10.1. The molecule has 0 saturated heterocycles. The number of rotatable bonds is 5. The lowest BCUT2D eigenvalue weighted by Crippen LogP contribution is -2.38. The number of benzene rings is 1. The van der Waals surface area contributed by atoms with Crippen LogP contribution in [0.2, 0.25) is 0 Å². The van der Waals surface area contributed by atoms with Crippen molar-refractivity contribution < 1.29 is 19.4 Å². The number of carbonyl (C=O) groups is 2. The van der Waals surface area contributed by atoms with Crippen molar-refractivity contribution >= 4 is 24.0 Å². The van der Waals surface area contributed by atoms with Gasteiger partial charge in [0.05, 0.1) is 7.11 Å². The fraction of sp³-hybridized carbons (Fsp3) is 0.333. The molecular formula is C12H14O4S. The van der Waals surface area contributed by atoms with Crippen LogP contribution in [-0.2, 0) is 9.53 Å². The highest BCUT2D eigenvalue weighted by Crippen LogP contribution is 2.23. The first-order valence-electron chi connectivity index (χ1n) is 4.98. The van der Waals surface area contributed by atoms with E-state index < -0.39 is 11.6 Å². The minimum atomic E-state index is -1.51. The normalized spacial score (nSPS) is 13.8. The van der Waals surface area contributed by atoms with Gasteiger partial charge in [-0.3, -0.25) is 4.79 Å². The van der Waals surface area contributed by atoms with E-state index in [0.717, 1.165) is 11.2 Å². The maximum Gasteiger partial charge on any atom is 0.338 e. The van der Waals surface area contributed by atoms with Crippen molar-refractivity contribution in [2.45, 2.75) is 17.4 Å². The van der Waals surface area contributed by atoms with Gasteiger partial charge in [0.2, 0.25) is 0 Å². The van der Waals surface area contributed by atoms with Gasteiger partial charge in [-0.15, -0.1) is 11.8 Å². The number of aliphatic hydroxyl groups is 1. The van der Waals surface area contributed by atoms with E-state index in [4.69, 9.17) is 0 Å². The van der Waals surface area contributed by atoms with E-state index in [9.17, 15) is 14.7 Å². The molecule has 5 heteroatoms. The first kappa shape index (κ1) is 13.7. The van der Waals surface area contributed by atoms with E-state index in [1.54, 1.807) is 24.3 Å². The molecule has 0 unspecified atom stereocenters. The van der Waals surface area contributed by atoms with Gasteiger partial charge in [-0.2, -0.15) is 0 Å². The molecule has 0 spiro atoms. The molecule has 4 nitrogen and oxygen atoms in total. The average Bonchev–Trinajstić information content (AvgIpc) is 2.36. The fourth-order valence-electron chi connectivity index (χ4n) is 1.15. The Labute approximate surface area is 104 Å². The molecule has 0 radical (unpaired) electrons. The van der Waals surface area contributed by atoms with Gasteiger partial charge in [0.15, 0.2) is 5.60 Å². The Balaban J connectivity index is 2.60. The van der Waals surface area contributed by atoms with Gasteiger partial charge in [-0.1, -0.05) is 12.1 Å². The maximum atomic E-state index is 11.2. The first-order chi connectivity index (χ1) is 7.99. The number of methoxy groups -OCH3 is 1. The van der Waals surface area contributed by atoms with Gasteiger partial charge < -0.3 is 9.84 Å². The van der Waals surface area contributed by atoms with E-state index in [1.165, 1.54) is 25.8 Å². The molecule has 0 bridgehead atoms. The van der Waals surface area contributed by atoms with Crippen LogP contribution in [0.15, 0.2) is 29.2 Å². The molecule has 0 saturated carbocycles. The van der Waals surface area contributed by atoms with Crippen molar-refractivity contribution in [3.8, 4) is 0 Å². The zero-order chi connectivity index (χ0) is 12.9. The molecule has 0 heterocycles. The van der Waals surface area contributed by atoms with Crippen molar-refractivity contribution in [3.63, 3.8) is 0 Å². The van der Waals surface area contributed by atoms with E-state index >= 15 is 0 Å². The highest BCUT2D eigenvalue weighted by atomic mass is 32.2. The minimum absolute atomic E-state index is 0.195. The van der Waals surface area contributed by atoms with Crippen LogP contribution in [0, 0.1) is 0 Å². The Morgan fingerprint density at radius 1 is 1.47 bits per heavy atom. The molecule has 0 fully saturated rings. The van der Waals surface area contributed by atoms with E-state index in [-0.39, 0.29) is 5.75 Å². The minimum Gasteiger partial charge on any atom is -0.467 e. The number of hydrogen-bond donors (Lipinski definition) is 1. The van der Waals surface area contributed by atoms with Crippen molar-refractivity contribution in [2.75, 3.05) is 12.9 Å². The molecule has 1 rings (SSSR count). The Morgan fingerprint density at radius 2 is 2.06 bits per heavy atom. The van der Waals surface area contributed by atoms with Crippen LogP contribution < -0.4 is 0 Å². The highest BCUT2D eigenvalue weighted by molar-refractivity contribution is 7.99. The summed E-state index contributed by atoms with van der Waals surface area (Å²) < 4.78 is 4.49. The largest absolute Gasteiger partial charge is 0.467 e. The van der Waals surface area contributed by atoms with Gasteiger partial charge in [0.25, 0.3) is 0 Å². The van der Waals surface area contributed by atoms with E-state index in [2.05, 4.69) is 4.74 Å². The third-order valence-corrected chi connectivity index (χ3v) is 3.47. The van der Waals surface area contributed by atoms with Crippen molar-refractivity contribution in [1.82, 2.24) is 0 Å². The second kappa shape index (κ2) is 5.84. The van der Waals surface area contributed by atoms with Crippen LogP contribution in [0.1, 0.15) is 17.3 Å². The summed E-state index contributed by atoms with van der Waals surface area (Å²) in [6.07, 6.45) is 0.763. The van der Waals surface area contributed by atoms with E-state index in [0.29, 0.717) is 5.56 Å². The molecular weight excluding hydrogens is 240 g/mol. The molecule has 0 amide bonds. The van der Waals surface area contributed by atoms with Gasteiger partial charge >= 0.3 is 5.97 Å². The zero-order valence-corrected chi connectivity index (χ0v) is 10.5. The predicted octanol–water partition coefficient (Wildman–Crippen LogP) is 1.52. The van der Waals surface area contributed by atoms with Gasteiger partial charge in [-0.25, -0.2) is 4.79 Å². The number of ether oxygens (including phenoxy) is 1. The number of aldehydes is 1. The summed E-state index contributed by atoms with van der Waals surface area (Å²) in [5.74, 6) is -0.463. The number of hydrogen-bond acceptors (Lipinski definition) is 5. The van der Waals surface area contributed by atoms with Gasteiger partial charge in [0.1, 0.15) is 6.29 Å². The topological polar surface area (TPSA) is 63.6 Å².